The van der Waals surface area contributed by atoms with Gasteiger partial charge in [0.1, 0.15) is 6.04 Å². The number of benzene rings is 2. The van der Waals surface area contributed by atoms with Crippen molar-refractivity contribution in [2.24, 2.45) is 0 Å². The summed E-state index contributed by atoms with van der Waals surface area (Å²) < 4.78 is 1.10. The van der Waals surface area contributed by atoms with Gasteiger partial charge in [0.25, 0.3) is 0 Å². The Morgan fingerprint density at radius 1 is 1.10 bits per heavy atom. The summed E-state index contributed by atoms with van der Waals surface area (Å²) in [5.74, 6) is 0.767. The van der Waals surface area contributed by atoms with Crippen molar-refractivity contribution in [3.8, 4) is 0 Å². The van der Waals surface area contributed by atoms with Crippen molar-refractivity contribution in [1.82, 2.24) is 9.97 Å². The molecule has 1 amide bonds. The second-order valence-electron chi connectivity index (χ2n) is 6.52. The van der Waals surface area contributed by atoms with Crippen LogP contribution in [0.5, 0.6) is 0 Å². The molecule has 4 rings (SSSR count). The van der Waals surface area contributed by atoms with Crippen LogP contribution in [-0.4, -0.2) is 21.9 Å². The molecule has 29 heavy (non-hydrogen) atoms. The zero-order chi connectivity index (χ0) is 20.1. The molecule has 0 aliphatic heterocycles. The maximum atomic E-state index is 12.5. The predicted octanol–water partition coefficient (Wildman–Crippen LogP) is 5.42. The Kier molecular flexibility index (Phi) is 6.07. The number of carbonyl (C=O) groups is 1. The normalized spacial score (nSPS) is 11.9. The van der Waals surface area contributed by atoms with Gasteiger partial charge in [0.2, 0.25) is 5.91 Å². The molecule has 2 aromatic heterocycles. The number of carbonyl (C=O) groups excluding carboxylic acids is 1. The third-order valence-corrected chi connectivity index (χ3v) is 6.33. The molecule has 0 saturated heterocycles. The molecule has 4 aromatic rings. The highest BCUT2D eigenvalue weighted by atomic mass is 32.2. The van der Waals surface area contributed by atoms with E-state index in [-0.39, 0.29) is 5.91 Å². The molecule has 7 heteroatoms. The first-order chi connectivity index (χ1) is 14.2. The lowest BCUT2D eigenvalue weighted by molar-refractivity contribution is -0.116. The Hall–Kier alpha value is -2.90. The molecular weight excluding hydrogens is 400 g/mol. The van der Waals surface area contributed by atoms with E-state index in [0.29, 0.717) is 0 Å². The van der Waals surface area contributed by atoms with Crippen molar-refractivity contribution in [2.45, 2.75) is 23.6 Å². The standard InChI is InChI=1S/C22H20N4OS2/c1-15(24-22-26-19-6-2-3-7-20(19)29-22)21(27)25-17-8-10-18(11-9-17)28-14-16-5-4-12-23-13-16/h2-13,15H,14H2,1H3,(H,24,26)(H,25,27). The van der Waals surface area contributed by atoms with Crippen LogP contribution in [0.15, 0.2) is 78.0 Å². The lowest BCUT2D eigenvalue weighted by Crippen LogP contribution is -2.31. The lowest BCUT2D eigenvalue weighted by atomic mass is 10.2. The molecule has 0 radical (unpaired) electrons. The van der Waals surface area contributed by atoms with E-state index in [1.807, 2.05) is 67.7 Å². The number of anilines is 2. The minimum absolute atomic E-state index is 0.0972. The Bertz CT molecular complexity index is 1060. The van der Waals surface area contributed by atoms with Crippen molar-refractivity contribution >= 4 is 50.0 Å². The molecule has 0 saturated carbocycles. The number of nitrogens with one attached hydrogen (secondary N) is 2. The molecule has 0 aliphatic rings. The maximum Gasteiger partial charge on any atom is 0.246 e. The average Bonchev–Trinajstić information content (AvgIpc) is 3.16. The molecule has 0 fully saturated rings. The Morgan fingerprint density at radius 2 is 1.93 bits per heavy atom. The summed E-state index contributed by atoms with van der Waals surface area (Å²) in [4.78, 5) is 22.3. The first kappa shape index (κ1) is 19.4. The molecule has 146 valence electrons. The van der Waals surface area contributed by atoms with Gasteiger partial charge >= 0.3 is 0 Å². The molecule has 2 aromatic carbocycles. The first-order valence-electron chi connectivity index (χ1n) is 9.22. The molecule has 0 aliphatic carbocycles. The molecule has 2 N–H and O–H groups in total. The van der Waals surface area contributed by atoms with E-state index in [1.165, 1.54) is 5.56 Å². The number of nitrogens with zero attached hydrogens (tertiary/aromatic N) is 2. The smallest absolute Gasteiger partial charge is 0.246 e. The fourth-order valence-electron chi connectivity index (χ4n) is 2.72. The van der Waals surface area contributed by atoms with Crippen LogP contribution in [0.1, 0.15) is 12.5 Å². The molecule has 1 unspecified atom stereocenters. The van der Waals surface area contributed by atoms with E-state index in [9.17, 15) is 4.79 Å². The van der Waals surface area contributed by atoms with Gasteiger partial charge in [0, 0.05) is 28.7 Å². The summed E-state index contributed by atoms with van der Waals surface area (Å²) in [6.45, 7) is 1.83. The highest BCUT2D eigenvalue weighted by molar-refractivity contribution is 7.98. The van der Waals surface area contributed by atoms with Gasteiger partial charge in [0.15, 0.2) is 5.13 Å². The fourth-order valence-corrected chi connectivity index (χ4v) is 4.51. The summed E-state index contributed by atoms with van der Waals surface area (Å²) in [5.41, 5.74) is 2.90. The van der Waals surface area contributed by atoms with Crippen LogP contribution >= 0.6 is 23.1 Å². The van der Waals surface area contributed by atoms with Crippen molar-refractivity contribution in [3.63, 3.8) is 0 Å². The predicted molar refractivity (Wildman–Crippen MR) is 122 cm³/mol. The number of fused-ring (bicyclic) bond motifs is 1. The van der Waals surface area contributed by atoms with E-state index >= 15 is 0 Å². The first-order valence-corrected chi connectivity index (χ1v) is 11.0. The van der Waals surface area contributed by atoms with Gasteiger partial charge in [-0.15, -0.1) is 11.8 Å². The third kappa shape index (κ3) is 5.13. The monoisotopic (exact) mass is 420 g/mol. The quantitative estimate of drug-likeness (QED) is 0.391. The summed E-state index contributed by atoms with van der Waals surface area (Å²) in [7, 11) is 0. The topological polar surface area (TPSA) is 66.9 Å². The fraction of sp³-hybridized carbons (Fsp3) is 0.136. The number of hydrogen-bond donors (Lipinski definition) is 2. The number of aromatic nitrogens is 2. The number of para-hydroxylation sites is 1. The third-order valence-electron chi connectivity index (χ3n) is 4.28. The number of thioether (sulfide) groups is 1. The lowest BCUT2D eigenvalue weighted by Gasteiger charge is -2.13. The van der Waals surface area contributed by atoms with Crippen LogP contribution in [-0.2, 0) is 10.5 Å². The highest BCUT2D eigenvalue weighted by Gasteiger charge is 2.15. The number of thiazole rings is 1. The van der Waals surface area contributed by atoms with Crippen LogP contribution < -0.4 is 10.6 Å². The zero-order valence-electron chi connectivity index (χ0n) is 15.8. The van der Waals surface area contributed by atoms with Crippen LogP contribution in [0.4, 0.5) is 10.8 Å². The van der Waals surface area contributed by atoms with Gasteiger partial charge in [-0.3, -0.25) is 9.78 Å². The molecule has 0 spiro atoms. The Balaban J connectivity index is 1.31. The van der Waals surface area contributed by atoms with Gasteiger partial charge in [-0.2, -0.15) is 0 Å². The minimum Gasteiger partial charge on any atom is -0.350 e. The Labute approximate surface area is 177 Å². The van der Waals surface area contributed by atoms with E-state index in [2.05, 4.69) is 26.7 Å². The van der Waals surface area contributed by atoms with Crippen LogP contribution in [0, 0.1) is 0 Å². The van der Waals surface area contributed by atoms with Crippen molar-refractivity contribution in [2.75, 3.05) is 10.6 Å². The van der Waals surface area contributed by atoms with Gasteiger partial charge in [0.05, 0.1) is 10.2 Å². The number of rotatable bonds is 7. The molecule has 1 atom stereocenters. The number of pyridine rings is 1. The van der Waals surface area contributed by atoms with Crippen molar-refractivity contribution in [3.05, 3.63) is 78.6 Å². The van der Waals surface area contributed by atoms with E-state index in [4.69, 9.17) is 0 Å². The summed E-state index contributed by atoms with van der Waals surface area (Å²) >= 11 is 3.28. The number of hydrogen-bond acceptors (Lipinski definition) is 6. The van der Waals surface area contributed by atoms with Gasteiger partial charge < -0.3 is 10.6 Å². The van der Waals surface area contributed by atoms with Gasteiger partial charge in [-0.1, -0.05) is 29.5 Å². The SMILES string of the molecule is CC(Nc1nc2ccccc2s1)C(=O)Nc1ccc(SCc2cccnc2)cc1. The molecule has 2 heterocycles. The van der Waals surface area contributed by atoms with Crippen molar-refractivity contribution in [1.29, 1.82) is 0 Å². The second kappa shape index (κ2) is 9.07. The minimum atomic E-state index is -0.393. The Morgan fingerprint density at radius 3 is 2.69 bits per heavy atom. The van der Waals surface area contributed by atoms with Crippen LogP contribution in [0.3, 0.4) is 0 Å². The van der Waals surface area contributed by atoms with Gasteiger partial charge in [-0.25, -0.2) is 4.98 Å². The molecular formula is C22H20N4OS2. The van der Waals surface area contributed by atoms with Gasteiger partial charge in [-0.05, 0) is 55.0 Å². The van der Waals surface area contributed by atoms with E-state index in [1.54, 1.807) is 29.3 Å². The van der Waals surface area contributed by atoms with E-state index in [0.717, 1.165) is 31.7 Å². The summed E-state index contributed by atoms with van der Waals surface area (Å²) in [6.07, 6.45) is 3.65. The molecule has 0 bridgehead atoms. The average molecular weight is 421 g/mol. The second-order valence-corrected chi connectivity index (χ2v) is 8.60. The largest absolute Gasteiger partial charge is 0.350 e. The van der Waals surface area contributed by atoms with Crippen molar-refractivity contribution < 1.29 is 4.79 Å². The highest BCUT2D eigenvalue weighted by Crippen LogP contribution is 2.26. The summed E-state index contributed by atoms with van der Waals surface area (Å²) in [6, 6.07) is 19.4. The summed E-state index contributed by atoms with van der Waals surface area (Å²) in [5, 5.41) is 6.89. The van der Waals surface area contributed by atoms with Crippen LogP contribution in [0.25, 0.3) is 10.2 Å². The van der Waals surface area contributed by atoms with E-state index < -0.39 is 6.04 Å². The van der Waals surface area contributed by atoms with Crippen LogP contribution in [0.2, 0.25) is 0 Å². The number of amides is 1. The zero-order valence-corrected chi connectivity index (χ0v) is 17.5. The maximum absolute atomic E-state index is 12.5. The molecule has 5 nitrogen and oxygen atoms in total.